The molecule has 1 saturated carbocycles. The van der Waals surface area contributed by atoms with Gasteiger partial charge in [-0.05, 0) is 37.9 Å². The molecule has 0 radical (unpaired) electrons. The fourth-order valence-electron chi connectivity index (χ4n) is 2.29. The molecule has 1 aliphatic carbocycles. The predicted molar refractivity (Wildman–Crippen MR) is 64.5 cm³/mol. The van der Waals surface area contributed by atoms with E-state index in [0.717, 1.165) is 30.9 Å². The van der Waals surface area contributed by atoms with Crippen molar-refractivity contribution in [1.29, 1.82) is 0 Å². The van der Waals surface area contributed by atoms with Crippen LogP contribution in [0.3, 0.4) is 0 Å². The van der Waals surface area contributed by atoms with Crippen LogP contribution in [0, 0.1) is 0 Å². The Morgan fingerprint density at radius 1 is 1.38 bits per heavy atom. The molecule has 2 aliphatic rings. The van der Waals surface area contributed by atoms with Gasteiger partial charge in [0.1, 0.15) is 5.75 Å². The minimum atomic E-state index is 0.450. The number of anilines is 1. The molecule has 2 N–H and O–H groups in total. The molecule has 1 aliphatic heterocycles. The highest BCUT2D eigenvalue weighted by atomic mass is 16.5. The van der Waals surface area contributed by atoms with Crippen molar-refractivity contribution in [3.05, 3.63) is 23.3 Å². The molecule has 3 heteroatoms. The summed E-state index contributed by atoms with van der Waals surface area (Å²) >= 11 is 0. The van der Waals surface area contributed by atoms with Crippen LogP contribution in [0.4, 0.5) is 5.69 Å². The molecule has 1 aromatic carbocycles. The Kier molecular flexibility index (Phi) is 2.28. The zero-order valence-corrected chi connectivity index (χ0v) is 9.70. The monoisotopic (exact) mass is 218 g/mol. The van der Waals surface area contributed by atoms with E-state index in [1.54, 1.807) is 0 Å². The van der Waals surface area contributed by atoms with Crippen molar-refractivity contribution < 1.29 is 4.74 Å². The van der Waals surface area contributed by atoms with E-state index in [2.05, 4.69) is 18.0 Å². The van der Waals surface area contributed by atoms with Crippen molar-refractivity contribution in [1.82, 2.24) is 4.90 Å². The Hall–Kier alpha value is -1.22. The first-order valence-electron chi connectivity index (χ1n) is 5.99. The van der Waals surface area contributed by atoms with Gasteiger partial charge in [-0.3, -0.25) is 0 Å². The highest BCUT2D eigenvalue weighted by Gasteiger charge is 2.26. The van der Waals surface area contributed by atoms with Gasteiger partial charge in [0.15, 0.2) is 0 Å². The molecular formula is C13H18N2O. The van der Waals surface area contributed by atoms with Crippen LogP contribution in [0.15, 0.2) is 12.1 Å². The van der Waals surface area contributed by atoms with Crippen molar-refractivity contribution in [3.63, 3.8) is 0 Å². The largest absolute Gasteiger partial charge is 0.490 e. The summed E-state index contributed by atoms with van der Waals surface area (Å²) in [7, 11) is 2.15. The number of ether oxygens (including phenoxy) is 1. The van der Waals surface area contributed by atoms with Crippen molar-refractivity contribution in [2.45, 2.75) is 31.9 Å². The van der Waals surface area contributed by atoms with E-state index in [0.29, 0.717) is 6.10 Å². The van der Waals surface area contributed by atoms with E-state index >= 15 is 0 Å². The van der Waals surface area contributed by atoms with Gasteiger partial charge >= 0.3 is 0 Å². The molecular weight excluding hydrogens is 200 g/mol. The van der Waals surface area contributed by atoms with Gasteiger partial charge in [-0.2, -0.15) is 0 Å². The zero-order chi connectivity index (χ0) is 11.1. The van der Waals surface area contributed by atoms with Crippen molar-refractivity contribution >= 4 is 5.69 Å². The fourth-order valence-corrected chi connectivity index (χ4v) is 2.29. The first kappa shape index (κ1) is 9.97. The molecule has 0 spiro atoms. The number of rotatable bonds is 2. The maximum atomic E-state index is 5.94. The number of nitrogens with zero attached hydrogens (tertiary/aromatic N) is 1. The lowest BCUT2D eigenvalue weighted by Gasteiger charge is -2.27. The average molecular weight is 218 g/mol. The molecule has 86 valence electrons. The normalized spacial score (nSPS) is 20.6. The smallest absolute Gasteiger partial charge is 0.125 e. The summed E-state index contributed by atoms with van der Waals surface area (Å²) in [6.07, 6.45) is 3.92. The van der Waals surface area contributed by atoms with Gasteiger partial charge in [-0.25, -0.2) is 0 Å². The Labute approximate surface area is 96.2 Å². The Morgan fingerprint density at radius 2 is 2.19 bits per heavy atom. The molecule has 3 rings (SSSR count). The number of benzene rings is 1. The molecule has 16 heavy (non-hydrogen) atoms. The lowest BCUT2D eigenvalue weighted by molar-refractivity contribution is 0.281. The van der Waals surface area contributed by atoms with E-state index in [1.807, 2.05) is 6.07 Å². The maximum Gasteiger partial charge on any atom is 0.125 e. The second kappa shape index (κ2) is 3.67. The molecule has 1 aromatic rings. The highest BCUT2D eigenvalue weighted by molar-refractivity contribution is 5.54. The molecule has 0 bridgehead atoms. The third kappa shape index (κ3) is 1.87. The van der Waals surface area contributed by atoms with Crippen LogP contribution in [-0.4, -0.2) is 24.6 Å². The molecule has 0 saturated heterocycles. The van der Waals surface area contributed by atoms with Gasteiger partial charge in [0.05, 0.1) is 6.10 Å². The number of nitrogen functional groups attached to an aromatic ring is 1. The number of fused-ring (bicyclic) bond motifs is 1. The minimum Gasteiger partial charge on any atom is -0.490 e. The van der Waals surface area contributed by atoms with Gasteiger partial charge in [0, 0.05) is 30.4 Å². The van der Waals surface area contributed by atoms with Crippen LogP contribution in [0.1, 0.15) is 24.0 Å². The third-order valence-corrected chi connectivity index (χ3v) is 3.33. The molecule has 1 fully saturated rings. The Balaban J connectivity index is 1.96. The second-order valence-electron chi connectivity index (χ2n) is 4.96. The van der Waals surface area contributed by atoms with Crippen LogP contribution in [0.2, 0.25) is 0 Å². The summed E-state index contributed by atoms with van der Waals surface area (Å²) < 4.78 is 5.94. The van der Waals surface area contributed by atoms with E-state index in [4.69, 9.17) is 10.5 Å². The van der Waals surface area contributed by atoms with Crippen LogP contribution in [-0.2, 0) is 13.0 Å². The second-order valence-corrected chi connectivity index (χ2v) is 4.96. The Morgan fingerprint density at radius 3 is 2.94 bits per heavy atom. The topological polar surface area (TPSA) is 38.5 Å². The fraction of sp³-hybridized carbons (Fsp3) is 0.538. The van der Waals surface area contributed by atoms with Crippen LogP contribution >= 0.6 is 0 Å². The van der Waals surface area contributed by atoms with Gasteiger partial charge in [-0.15, -0.1) is 0 Å². The highest BCUT2D eigenvalue weighted by Crippen LogP contribution is 2.34. The number of likely N-dealkylation sites (N-methyl/N-ethyl adjacent to an activating group) is 1. The minimum absolute atomic E-state index is 0.450. The number of nitrogens with two attached hydrogens (primary N) is 1. The van der Waals surface area contributed by atoms with E-state index in [9.17, 15) is 0 Å². The van der Waals surface area contributed by atoms with Crippen molar-refractivity contribution in [3.8, 4) is 5.75 Å². The summed E-state index contributed by atoms with van der Waals surface area (Å²) in [6, 6.07) is 4.08. The summed E-state index contributed by atoms with van der Waals surface area (Å²) in [4.78, 5) is 2.32. The van der Waals surface area contributed by atoms with Crippen LogP contribution in [0.5, 0.6) is 5.75 Å². The Bertz CT molecular complexity index is 413. The van der Waals surface area contributed by atoms with Crippen molar-refractivity contribution in [2.24, 2.45) is 0 Å². The van der Waals surface area contributed by atoms with Gasteiger partial charge in [-0.1, -0.05) is 0 Å². The standard InChI is InChI=1S/C13H18N2O/c1-15-5-4-12-9(8-15)6-10(14)7-13(12)16-11-2-3-11/h6-7,11H,2-5,8,14H2,1H3. The SMILES string of the molecule is CN1CCc2c(cc(N)cc2OC2CC2)C1. The average Bonchev–Trinajstić information content (AvgIpc) is 3.00. The molecule has 0 unspecified atom stereocenters. The van der Waals surface area contributed by atoms with Crippen molar-refractivity contribution in [2.75, 3.05) is 19.3 Å². The quantitative estimate of drug-likeness (QED) is 0.769. The third-order valence-electron chi connectivity index (χ3n) is 3.33. The summed E-state index contributed by atoms with van der Waals surface area (Å²) in [5.41, 5.74) is 9.46. The lowest BCUT2D eigenvalue weighted by Crippen LogP contribution is -2.27. The predicted octanol–water partition coefficient (Wildman–Crippen LogP) is 1.80. The van der Waals surface area contributed by atoms with E-state index < -0.39 is 0 Å². The van der Waals surface area contributed by atoms with E-state index in [-0.39, 0.29) is 0 Å². The molecule has 0 atom stereocenters. The van der Waals surface area contributed by atoms with E-state index in [1.165, 1.54) is 24.0 Å². The summed E-state index contributed by atoms with van der Waals surface area (Å²) in [5.74, 6) is 1.03. The first-order chi connectivity index (χ1) is 7.72. The van der Waals surface area contributed by atoms with Gasteiger partial charge in [0.2, 0.25) is 0 Å². The molecule has 0 aromatic heterocycles. The zero-order valence-electron chi connectivity index (χ0n) is 9.70. The lowest BCUT2D eigenvalue weighted by atomic mass is 9.98. The van der Waals surface area contributed by atoms with Crippen LogP contribution < -0.4 is 10.5 Å². The van der Waals surface area contributed by atoms with Gasteiger partial charge < -0.3 is 15.4 Å². The summed E-state index contributed by atoms with van der Waals surface area (Å²) in [6.45, 7) is 2.10. The number of hydrogen-bond acceptors (Lipinski definition) is 3. The van der Waals surface area contributed by atoms with Crippen LogP contribution in [0.25, 0.3) is 0 Å². The molecule has 0 amide bonds. The van der Waals surface area contributed by atoms with Gasteiger partial charge in [0.25, 0.3) is 0 Å². The first-order valence-corrected chi connectivity index (χ1v) is 5.99. The molecule has 3 nitrogen and oxygen atoms in total. The maximum absolute atomic E-state index is 5.94. The summed E-state index contributed by atoms with van der Waals surface area (Å²) in [5, 5.41) is 0. The number of hydrogen-bond donors (Lipinski definition) is 1. The molecule has 1 heterocycles.